The SMILES string of the molecule is Cc1ccc(C)c(NC(=S)NC(C)c2ccc(F)cc2)c1. The first-order valence-corrected chi connectivity index (χ1v) is 7.27. The highest BCUT2D eigenvalue weighted by atomic mass is 32.1. The molecule has 0 aliphatic rings. The van der Waals surface area contributed by atoms with Crippen LogP contribution >= 0.6 is 12.2 Å². The molecule has 0 saturated heterocycles. The third-order valence-corrected chi connectivity index (χ3v) is 3.58. The lowest BCUT2D eigenvalue weighted by Gasteiger charge is -2.18. The van der Waals surface area contributed by atoms with Crippen LogP contribution in [0.2, 0.25) is 0 Å². The van der Waals surface area contributed by atoms with E-state index in [0.717, 1.165) is 16.8 Å². The summed E-state index contributed by atoms with van der Waals surface area (Å²) < 4.78 is 12.9. The van der Waals surface area contributed by atoms with Gasteiger partial charge in [0.1, 0.15) is 5.82 Å². The molecule has 4 heteroatoms. The molecule has 0 aliphatic carbocycles. The van der Waals surface area contributed by atoms with E-state index in [2.05, 4.69) is 28.8 Å². The van der Waals surface area contributed by atoms with E-state index in [1.807, 2.05) is 20.8 Å². The van der Waals surface area contributed by atoms with Crippen LogP contribution in [0, 0.1) is 19.7 Å². The standard InChI is InChI=1S/C17H19FN2S/c1-11-4-5-12(2)16(10-11)20-17(21)19-13(3)14-6-8-15(18)9-7-14/h4-10,13H,1-3H3,(H2,19,20,21). The van der Waals surface area contributed by atoms with Gasteiger partial charge in [0.15, 0.2) is 5.11 Å². The molecule has 2 rings (SSSR count). The first-order chi connectivity index (χ1) is 9.95. The minimum absolute atomic E-state index is 0.00992. The Bertz CT molecular complexity index is 638. The average Bonchev–Trinajstić information content (AvgIpc) is 2.43. The van der Waals surface area contributed by atoms with Crippen molar-refractivity contribution in [1.82, 2.24) is 5.32 Å². The van der Waals surface area contributed by atoms with E-state index < -0.39 is 0 Å². The van der Waals surface area contributed by atoms with Crippen LogP contribution in [0.25, 0.3) is 0 Å². The number of nitrogens with one attached hydrogen (secondary N) is 2. The van der Waals surface area contributed by atoms with E-state index >= 15 is 0 Å². The summed E-state index contributed by atoms with van der Waals surface area (Å²) in [5, 5.41) is 6.97. The van der Waals surface area contributed by atoms with Gasteiger partial charge in [-0.1, -0.05) is 24.3 Å². The average molecular weight is 302 g/mol. The summed E-state index contributed by atoms with van der Waals surface area (Å²) in [6.07, 6.45) is 0. The Labute approximate surface area is 130 Å². The van der Waals surface area contributed by atoms with Crippen LogP contribution in [-0.4, -0.2) is 5.11 Å². The Kier molecular flexibility index (Phi) is 4.91. The summed E-state index contributed by atoms with van der Waals surface area (Å²) in [4.78, 5) is 0. The monoisotopic (exact) mass is 302 g/mol. The van der Waals surface area contributed by atoms with E-state index in [4.69, 9.17) is 12.2 Å². The second kappa shape index (κ2) is 6.68. The van der Waals surface area contributed by atoms with Gasteiger partial charge in [0.25, 0.3) is 0 Å². The van der Waals surface area contributed by atoms with Crippen molar-refractivity contribution >= 4 is 23.0 Å². The fourth-order valence-electron chi connectivity index (χ4n) is 2.06. The highest BCUT2D eigenvalue weighted by Gasteiger charge is 2.08. The van der Waals surface area contributed by atoms with Gasteiger partial charge in [0.2, 0.25) is 0 Å². The predicted octanol–water partition coefficient (Wildman–Crippen LogP) is 4.49. The Hall–Kier alpha value is -1.94. The largest absolute Gasteiger partial charge is 0.356 e. The van der Waals surface area contributed by atoms with E-state index in [1.165, 1.54) is 17.7 Å². The van der Waals surface area contributed by atoms with Crippen LogP contribution in [-0.2, 0) is 0 Å². The van der Waals surface area contributed by atoms with Gasteiger partial charge in [-0.15, -0.1) is 0 Å². The molecule has 2 aromatic carbocycles. The molecule has 0 aliphatic heterocycles. The van der Waals surface area contributed by atoms with Gasteiger partial charge in [-0.25, -0.2) is 4.39 Å². The summed E-state index contributed by atoms with van der Waals surface area (Å²) in [5.41, 5.74) is 4.30. The smallest absolute Gasteiger partial charge is 0.171 e. The van der Waals surface area contributed by atoms with Crippen molar-refractivity contribution in [3.8, 4) is 0 Å². The first-order valence-electron chi connectivity index (χ1n) is 6.86. The van der Waals surface area contributed by atoms with E-state index in [-0.39, 0.29) is 11.9 Å². The Balaban J connectivity index is 2.01. The normalized spacial score (nSPS) is 11.8. The van der Waals surface area contributed by atoms with Crippen LogP contribution in [0.4, 0.5) is 10.1 Å². The maximum atomic E-state index is 12.9. The second-order valence-electron chi connectivity index (χ2n) is 5.19. The number of aryl methyl sites for hydroxylation is 2. The highest BCUT2D eigenvalue weighted by Crippen LogP contribution is 2.17. The molecule has 0 spiro atoms. The molecule has 2 aromatic rings. The number of halogens is 1. The lowest BCUT2D eigenvalue weighted by Crippen LogP contribution is -2.31. The minimum Gasteiger partial charge on any atom is -0.356 e. The topological polar surface area (TPSA) is 24.1 Å². The van der Waals surface area contributed by atoms with Crippen LogP contribution in [0.3, 0.4) is 0 Å². The molecule has 0 radical (unpaired) electrons. The summed E-state index contributed by atoms with van der Waals surface area (Å²) in [6, 6.07) is 12.6. The van der Waals surface area contributed by atoms with Gasteiger partial charge < -0.3 is 10.6 Å². The number of hydrogen-bond acceptors (Lipinski definition) is 1. The molecule has 0 saturated carbocycles. The number of thiocarbonyl (C=S) groups is 1. The second-order valence-corrected chi connectivity index (χ2v) is 5.60. The molecule has 2 nitrogen and oxygen atoms in total. The van der Waals surface area contributed by atoms with Gasteiger partial charge in [-0.2, -0.15) is 0 Å². The summed E-state index contributed by atoms with van der Waals surface area (Å²) in [6.45, 7) is 6.07. The molecular weight excluding hydrogens is 283 g/mol. The zero-order valence-electron chi connectivity index (χ0n) is 12.4. The maximum Gasteiger partial charge on any atom is 0.171 e. The molecule has 0 fully saturated rings. The van der Waals surface area contributed by atoms with Crippen LogP contribution in [0.15, 0.2) is 42.5 Å². The quantitative estimate of drug-likeness (QED) is 0.817. The predicted molar refractivity (Wildman–Crippen MR) is 90.1 cm³/mol. The highest BCUT2D eigenvalue weighted by molar-refractivity contribution is 7.80. The van der Waals surface area contributed by atoms with Crippen molar-refractivity contribution in [1.29, 1.82) is 0 Å². The first kappa shape index (κ1) is 15.4. The third kappa shape index (κ3) is 4.26. The summed E-state index contributed by atoms with van der Waals surface area (Å²) in [7, 11) is 0. The van der Waals surface area contributed by atoms with E-state index in [9.17, 15) is 4.39 Å². The fourth-order valence-corrected chi connectivity index (χ4v) is 2.35. The van der Waals surface area contributed by atoms with Gasteiger partial charge in [0.05, 0.1) is 6.04 Å². The third-order valence-electron chi connectivity index (χ3n) is 3.36. The molecule has 21 heavy (non-hydrogen) atoms. The van der Waals surface area contributed by atoms with Crippen LogP contribution < -0.4 is 10.6 Å². The Morgan fingerprint density at radius 3 is 2.43 bits per heavy atom. The van der Waals surface area contributed by atoms with E-state index in [1.54, 1.807) is 12.1 Å². The van der Waals surface area contributed by atoms with Gasteiger partial charge in [-0.3, -0.25) is 0 Å². The van der Waals surface area contributed by atoms with Crippen LogP contribution in [0.1, 0.15) is 29.7 Å². The van der Waals surface area contributed by atoms with Crippen molar-refractivity contribution in [2.75, 3.05) is 5.32 Å². The van der Waals surface area contributed by atoms with Crippen LogP contribution in [0.5, 0.6) is 0 Å². The molecule has 0 heterocycles. The molecule has 1 unspecified atom stereocenters. The number of hydrogen-bond donors (Lipinski definition) is 2. The zero-order chi connectivity index (χ0) is 15.4. The molecule has 0 aromatic heterocycles. The summed E-state index contributed by atoms with van der Waals surface area (Å²) in [5.74, 6) is -0.234. The van der Waals surface area contributed by atoms with Crippen molar-refractivity contribution in [2.24, 2.45) is 0 Å². The van der Waals surface area contributed by atoms with Gasteiger partial charge in [-0.05, 0) is 67.9 Å². The Morgan fingerprint density at radius 2 is 1.76 bits per heavy atom. The molecule has 0 bridgehead atoms. The fraction of sp³-hybridized carbons (Fsp3) is 0.235. The molecule has 2 N–H and O–H groups in total. The molecule has 1 atom stereocenters. The van der Waals surface area contributed by atoms with E-state index in [0.29, 0.717) is 5.11 Å². The zero-order valence-corrected chi connectivity index (χ0v) is 13.2. The van der Waals surface area contributed by atoms with Gasteiger partial charge in [0, 0.05) is 5.69 Å². The molecule has 110 valence electrons. The minimum atomic E-state index is -0.234. The molecular formula is C17H19FN2S. The maximum absolute atomic E-state index is 12.9. The Morgan fingerprint density at radius 1 is 1.10 bits per heavy atom. The van der Waals surface area contributed by atoms with Crippen molar-refractivity contribution in [3.63, 3.8) is 0 Å². The van der Waals surface area contributed by atoms with Crippen molar-refractivity contribution < 1.29 is 4.39 Å². The number of rotatable bonds is 3. The van der Waals surface area contributed by atoms with Gasteiger partial charge >= 0.3 is 0 Å². The number of benzene rings is 2. The van der Waals surface area contributed by atoms with Crippen molar-refractivity contribution in [3.05, 3.63) is 65.0 Å². The lowest BCUT2D eigenvalue weighted by molar-refractivity contribution is 0.624. The van der Waals surface area contributed by atoms with Crippen molar-refractivity contribution in [2.45, 2.75) is 26.8 Å². The molecule has 0 amide bonds. The lowest BCUT2D eigenvalue weighted by atomic mass is 10.1. The summed E-state index contributed by atoms with van der Waals surface area (Å²) >= 11 is 5.34. The number of anilines is 1.